The molecule has 0 aliphatic carbocycles. The third-order valence-electron chi connectivity index (χ3n) is 1.97. The van der Waals surface area contributed by atoms with E-state index in [4.69, 9.17) is 0 Å². The molecule has 1 heterocycles. The van der Waals surface area contributed by atoms with Crippen LogP contribution in [0.15, 0.2) is 47.0 Å². The molecule has 0 saturated heterocycles. The number of benzene rings is 1. The van der Waals surface area contributed by atoms with Crippen LogP contribution in [0.5, 0.6) is 0 Å². The quantitative estimate of drug-likeness (QED) is 0.726. The van der Waals surface area contributed by atoms with E-state index >= 15 is 0 Å². The summed E-state index contributed by atoms with van der Waals surface area (Å²) in [5.41, 5.74) is 1.08. The second kappa shape index (κ2) is 3.51. The normalized spacial score (nSPS) is 18.7. The minimum Gasteiger partial charge on any atom is -0.227 e. The lowest BCUT2D eigenvalue weighted by molar-refractivity contribution is 0.597. The van der Waals surface area contributed by atoms with Crippen molar-refractivity contribution in [3.8, 4) is 0 Å². The van der Waals surface area contributed by atoms with Gasteiger partial charge in [0, 0.05) is 6.20 Å². The van der Waals surface area contributed by atoms with Crippen LogP contribution in [0.2, 0.25) is 0 Å². The van der Waals surface area contributed by atoms with Gasteiger partial charge in [-0.05, 0) is 25.1 Å². The lowest BCUT2D eigenvalue weighted by Crippen LogP contribution is -2.26. The molecular weight excluding hydrogens is 212 g/mol. The summed E-state index contributed by atoms with van der Waals surface area (Å²) >= 11 is 0. The van der Waals surface area contributed by atoms with Crippen molar-refractivity contribution >= 4 is 21.6 Å². The number of allylic oxidation sites excluding steroid dienone is 1. The molecule has 1 aliphatic rings. The Kier molecular flexibility index (Phi) is 2.32. The fourth-order valence-electron chi connectivity index (χ4n) is 1.30. The SMILES string of the molecule is CC1=NS(=O)(=O)N(c2ccccc2)C=C1. The van der Waals surface area contributed by atoms with E-state index in [-0.39, 0.29) is 0 Å². The van der Waals surface area contributed by atoms with E-state index < -0.39 is 10.2 Å². The van der Waals surface area contributed by atoms with Crippen molar-refractivity contribution < 1.29 is 8.42 Å². The van der Waals surface area contributed by atoms with Gasteiger partial charge in [0.2, 0.25) is 0 Å². The highest BCUT2D eigenvalue weighted by Crippen LogP contribution is 2.21. The third kappa shape index (κ3) is 1.92. The van der Waals surface area contributed by atoms with E-state index in [0.717, 1.165) is 4.31 Å². The fraction of sp³-hybridized carbons (Fsp3) is 0.100. The van der Waals surface area contributed by atoms with Crippen molar-refractivity contribution in [3.05, 3.63) is 42.6 Å². The molecule has 2 rings (SSSR count). The van der Waals surface area contributed by atoms with Crippen LogP contribution in [0.3, 0.4) is 0 Å². The maximum atomic E-state index is 11.7. The maximum Gasteiger partial charge on any atom is 0.348 e. The predicted molar refractivity (Wildman–Crippen MR) is 60.1 cm³/mol. The summed E-state index contributed by atoms with van der Waals surface area (Å²) < 4.78 is 28.1. The van der Waals surface area contributed by atoms with Crippen LogP contribution in [0, 0.1) is 0 Å². The third-order valence-corrected chi connectivity index (χ3v) is 3.32. The number of para-hydroxylation sites is 1. The van der Waals surface area contributed by atoms with Gasteiger partial charge in [0.1, 0.15) is 0 Å². The van der Waals surface area contributed by atoms with Gasteiger partial charge in [-0.25, -0.2) is 4.31 Å². The zero-order valence-electron chi connectivity index (χ0n) is 8.16. The van der Waals surface area contributed by atoms with Gasteiger partial charge in [-0.3, -0.25) is 0 Å². The van der Waals surface area contributed by atoms with Crippen LogP contribution >= 0.6 is 0 Å². The Labute approximate surface area is 88.7 Å². The average molecular weight is 222 g/mol. The molecule has 0 bridgehead atoms. The standard InChI is InChI=1S/C10H10N2O2S/c1-9-7-8-12(15(13,14)11-9)10-5-3-2-4-6-10/h2-8H,1H3. The van der Waals surface area contributed by atoms with Gasteiger partial charge in [0.15, 0.2) is 0 Å². The van der Waals surface area contributed by atoms with Crippen LogP contribution in [0.25, 0.3) is 0 Å². The topological polar surface area (TPSA) is 49.7 Å². The number of hydrogen-bond acceptors (Lipinski definition) is 2. The van der Waals surface area contributed by atoms with Gasteiger partial charge in [-0.15, -0.1) is 4.40 Å². The van der Waals surface area contributed by atoms with Crippen LogP contribution in [0.1, 0.15) is 6.92 Å². The minimum absolute atomic E-state index is 0.488. The fourth-order valence-corrected chi connectivity index (χ4v) is 2.42. The van der Waals surface area contributed by atoms with Crippen molar-refractivity contribution in [2.45, 2.75) is 6.92 Å². The van der Waals surface area contributed by atoms with Crippen LogP contribution in [-0.2, 0) is 10.2 Å². The van der Waals surface area contributed by atoms with Gasteiger partial charge >= 0.3 is 10.2 Å². The number of rotatable bonds is 1. The molecular formula is C10H10N2O2S. The molecule has 1 aliphatic heterocycles. The second-order valence-corrected chi connectivity index (χ2v) is 4.63. The van der Waals surface area contributed by atoms with E-state index in [1.807, 2.05) is 6.07 Å². The first-order chi connectivity index (χ1) is 7.09. The molecule has 15 heavy (non-hydrogen) atoms. The van der Waals surface area contributed by atoms with Crippen molar-refractivity contribution in [3.63, 3.8) is 0 Å². The van der Waals surface area contributed by atoms with Crippen molar-refractivity contribution in [2.24, 2.45) is 4.40 Å². The second-order valence-electron chi connectivity index (χ2n) is 3.16. The summed E-state index contributed by atoms with van der Waals surface area (Å²) in [7, 11) is -3.59. The molecule has 0 aromatic heterocycles. The molecule has 78 valence electrons. The molecule has 0 amide bonds. The summed E-state index contributed by atoms with van der Waals surface area (Å²) in [5.74, 6) is 0. The lowest BCUT2D eigenvalue weighted by atomic mass is 10.3. The Bertz CT molecular complexity index is 518. The Balaban J connectivity index is 2.46. The van der Waals surface area contributed by atoms with E-state index in [1.54, 1.807) is 37.3 Å². The molecule has 0 unspecified atom stereocenters. The molecule has 5 heteroatoms. The first-order valence-electron chi connectivity index (χ1n) is 4.44. The first-order valence-corrected chi connectivity index (χ1v) is 5.83. The van der Waals surface area contributed by atoms with Crippen LogP contribution < -0.4 is 4.31 Å². The Morgan fingerprint density at radius 1 is 1.20 bits per heavy atom. The predicted octanol–water partition coefficient (Wildman–Crippen LogP) is 1.73. The summed E-state index contributed by atoms with van der Waals surface area (Å²) in [4.78, 5) is 0. The van der Waals surface area contributed by atoms with Crippen molar-refractivity contribution in [2.75, 3.05) is 4.31 Å². The van der Waals surface area contributed by atoms with E-state index in [9.17, 15) is 8.42 Å². The summed E-state index contributed by atoms with van der Waals surface area (Å²) in [6.45, 7) is 1.65. The Morgan fingerprint density at radius 3 is 2.47 bits per heavy atom. The molecule has 1 aromatic rings. The zero-order chi connectivity index (χ0) is 10.9. The van der Waals surface area contributed by atoms with Gasteiger partial charge in [-0.2, -0.15) is 8.42 Å². The molecule has 0 N–H and O–H groups in total. The molecule has 4 nitrogen and oxygen atoms in total. The molecule has 0 fully saturated rings. The smallest absolute Gasteiger partial charge is 0.227 e. The van der Waals surface area contributed by atoms with E-state index in [0.29, 0.717) is 11.4 Å². The van der Waals surface area contributed by atoms with Gasteiger partial charge < -0.3 is 0 Å². The van der Waals surface area contributed by atoms with E-state index in [2.05, 4.69) is 4.40 Å². The molecule has 0 radical (unpaired) electrons. The summed E-state index contributed by atoms with van der Waals surface area (Å²) in [5, 5.41) is 0. The molecule has 0 saturated carbocycles. The average Bonchev–Trinajstić information content (AvgIpc) is 2.17. The van der Waals surface area contributed by atoms with Gasteiger partial charge in [0.05, 0.1) is 11.4 Å². The Morgan fingerprint density at radius 2 is 1.87 bits per heavy atom. The molecule has 0 spiro atoms. The van der Waals surface area contributed by atoms with E-state index in [1.165, 1.54) is 6.20 Å². The highest BCUT2D eigenvalue weighted by molar-refractivity contribution is 7.91. The molecule has 0 atom stereocenters. The maximum absolute atomic E-state index is 11.7. The van der Waals surface area contributed by atoms with Crippen molar-refractivity contribution in [1.82, 2.24) is 0 Å². The number of hydrogen-bond donors (Lipinski definition) is 0. The summed E-state index contributed by atoms with van der Waals surface area (Å²) in [6, 6.07) is 8.84. The largest absolute Gasteiger partial charge is 0.348 e. The van der Waals surface area contributed by atoms with Gasteiger partial charge in [0.25, 0.3) is 0 Å². The zero-order valence-corrected chi connectivity index (χ0v) is 8.98. The van der Waals surface area contributed by atoms with Crippen molar-refractivity contribution in [1.29, 1.82) is 0 Å². The van der Waals surface area contributed by atoms with Crippen LogP contribution in [-0.4, -0.2) is 14.1 Å². The van der Waals surface area contributed by atoms with Gasteiger partial charge in [-0.1, -0.05) is 18.2 Å². The number of nitrogens with zero attached hydrogens (tertiary/aromatic N) is 2. The monoisotopic (exact) mass is 222 g/mol. The molecule has 1 aromatic carbocycles. The van der Waals surface area contributed by atoms with Crippen LogP contribution in [0.4, 0.5) is 5.69 Å². The highest BCUT2D eigenvalue weighted by atomic mass is 32.2. The lowest BCUT2D eigenvalue weighted by Gasteiger charge is -2.20. The minimum atomic E-state index is -3.59. The number of anilines is 1. The first kappa shape index (κ1) is 9.92. The Hall–Kier alpha value is -1.62. The highest BCUT2D eigenvalue weighted by Gasteiger charge is 2.21. The summed E-state index contributed by atoms with van der Waals surface area (Å²) in [6.07, 6.45) is 3.17.